The van der Waals surface area contributed by atoms with Crippen molar-refractivity contribution in [2.45, 2.75) is 93.8 Å². The van der Waals surface area contributed by atoms with E-state index in [-0.39, 0.29) is 0 Å². The molecule has 6 saturated heterocycles. The molecule has 11 unspecified atom stereocenters. The summed E-state index contributed by atoms with van der Waals surface area (Å²) in [5, 5.41) is 0. The molecule has 8 nitrogen and oxygen atoms in total. The molecule has 39 heavy (non-hydrogen) atoms. The second-order valence-electron chi connectivity index (χ2n) is 12.9. The van der Waals surface area contributed by atoms with Gasteiger partial charge in [0.2, 0.25) is 0 Å². The van der Waals surface area contributed by atoms with E-state index in [1.807, 2.05) is 0 Å². The predicted molar refractivity (Wildman–Crippen MR) is 142 cm³/mol. The molecule has 0 aromatic heterocycles. The summed E-state index contributed by atoms with van der Waals surface area (Å²) in [6.45, 7) is 6.90. The number of ether oxygens (including phenoxy) is 8. The fraction of sp³-hybridized carbons (Fsp3) is 0.871. The quantitative estimate of drug-likeness (QED) is 0.272. The van der Waals surface area contributed by atoms with E-state index >= 15 is 0 Å². The zero-order valence-electron chi connectivity index (χ0n) is 23.1. The normalized spacial score (nSPS) is 44.9. The third-order valence-corrected chi connectivity index (χ3v) is 9.38. The summed E-state index contributed by atoms with van der Waals surface area (Å²) < 4.78 is 44.0. The molecule has 9 rings (SSSR count). The van der Waals surface area contributed by atoms with Gasteiger partial charge in [0.25, 0.3) is 0 Å². The van der Waals surface area contributed by atoms with Crippen LogP contribution >= 0.6 is 0 Å². The van der Waals surface area contributed by atoms with Crippen molar-refractivity contribution in [2.75, 3.05) is 52.9 Å². The molecule has 0 aromatic rings. The minimum atomic E-state index is 0.324. The standard InChI is InChI=1S/C11H18O2.2C10H14O3/c1-2-8(1)6-12-7-9-5-10-3-4-11(9)13-10;2*1-2-10-7(3-8(1)13-10)4-11-5-9-6-12-9/h8-11H,1-7H2;2*1-2,7-10H,3-6H2. The molecule has 8 aliphatic heterocycles. The lowest BCUT2D eigenvalue weighted by Crippen LogP contribution is -2.22. The lowest BCUT2D eigenvalue weighted by atomic mass is 9.90. The van der Waals surface area contributed by atoms with Crippen LogP contribution in [0.5, 0.6) is 0 Å². The predicted octanol–water partition coefficient (Wildman–Crippen LogP) is 3.47. The van der Waals surface area contributed by atoms with Gasteiger partial charge >= 0.3 is 0 Å². The van der Waals surface area contributed by atoms with Crippen molar-refractivity contribution in [3.63, 3.8) is 0 Å². The van der Waals surface area contributed by atoms with Crippen molar-refractivity contribution in [3.05, 3.63) is 24.3 Å². The molecule has 8 heterocycles. The highest BCUT2D eigenvalue weighted by Crippen LogP contribution is 2.39. The molecule has 8 heteroatoms. The summed E-state index contributed by atoms with van der Waals surface area (Å²) in [5.41, 5.74) is 0. The van der Waals surface area contributed by atoms with Gasteiger partial charge in [0, 0.05) is 24.4 Å². The second kappa shape index (κ2) is 12.6. The summed E-state index contributed by atoms with van der Waals surface area (Å²) in [7, 11) is 0. The van der Waals surface area contributed by atoms with Gasteiger partial charge in [-0.3, -0.25) is 0 Å². The van der Waals surface area contributed by atoms with Crippen LogP contribution in [0, 0.1) is 23.7 Å². The van der Waals surface area contributed by atoms with E-state index in [0.717, 1.165) is 77.5 Å². The number of epoxide rings is 2. The van der Waals surface area contributed by atoms with Crippen molar-refractivity contribution in [1.82, 2.24) is 0 Å². The summed E-state index contributed by atoms with van der Waals surface area (Å²) in [6, 6.07) is 0. The monoisotopic (exact) mass is 546 g/mol. The molecule has 0 spiro atoms. The third-order valence-electron chi connectivity index (χ3n) is 9.38. The van der Waals surface area contributed by atoms with Crippen molar-refractivity contribution in [2.24, 2.45) is 23.7 Å². The summed E-state index contributed by atoms with van der Waals surface area (Å²) in [5.74, 6) is 2.78. The van der Waals surface area contributed by atoms with Crippen LogP contribution in [0.1, 0.15) is 44.9 Å². The van der Waals surface area contributed by atoms with E-state index in [0.29, 0.717) is 60.7 Å². The highest BCUT2D eigenvalue weighted by Gasteiger charge is 2.41. The van der Waals surface area contributed by atoms with Crippen LogP contribution in [0.25, 0.3) is 0 Å². The van der Waals surface area contributed by atoms with Gasteiger partial charge in [0.05, 0.1) is 82.9 Å². The Labute approximate surface area is 232 Å². The summed E-state index contributed by atoms with van der Waals surface area (Å²) >= 11 is 0. The maximum Gasteiger partial charge on any atom is 0.104 e. The van der Waals surface area contributed by atoms with Gasteiger partial charge < -0.3 is 37.9 Å². The Morgan fingerprint density at radius 1 is 0.538 bits per heavy atom. The van der Waals surface area contributed by atoms with Gasteiger partial charge in [0.15, 0.2) is 0 Å². The van der Waals surface area contributed by atoms with E-state index in [1.54, 1.807) is 0 Å². The Kier molecular flexibility index (Phi) is 8.71. The van der Waals surface area contributed by atoms with Crippen LogP contribution in [-0.2, 0) is 37.9 Å². The minimum absolute atomic E-state index is 0.324. The Bertz CT molecular complexity index is 804. The molecule has 0 radical (unpaired) electrons. The fourth-order valence-electron chi connectivity index (χ4n) is 6.67. The Hall–Kier alpha value is -0.840. The highest BCUT2D eigenvalue weighted by atomic mass is 16.6. The van der Waals surface area contributed by atoms with Gasteiger partial charge in [-0.05, 0) is 50.9 Å². The minimum Gasteiger partial charge on any atom is -0.381 e. The van der Waals surface area contributed by atoms with Crippen molar-refractivity contribution in [3.8, 4) is 0 Å². The topological polar surface area (TPSA) is 80.4 Å². The van der Waals surface area contributed by atoms with E-state index < -0.39 is 0 Å². The fourth-order valence-corrected chi connectivity index (χ4v) is 6.67. The largest absolute Gasteiger partial charge is 0.381 e. The van der Waals surface area contributed by atoms with Crippen molar-refractivity contribution >= 4 is 0 Å². The average molecular weight is 547 g/mol. The van der Waals surface area contributed by atoms with Crippen LogP contribution in [0.3, 0.4) is 0 Å². The maximum absolute atomic E-state index is 5.78. The number of fused-ring (bicyclic) bond motifs is 6. The van der Waals surface area contributed by atoms with E-state index in [1.165, 1.54) is 32.1 Å². The Morgan fingerprint density at radius 2 is 1.10 bits per heavy atom. The van der Waals surface area contributed by atoms with E-state index in [4.69, 9.17) is 37.9 Å². The van der Waals surface area contributed by atoms with Gasteiger partial charge in [-0.1, -0.05) is 24.3 Å². The SMILES string of the molecule is C1=CC2OC1CC2COCC1CO1.C1=CC2OC1CC2COCC1CO1.C1CC1COCC1CC2CCC1O2. The Balaban J connectivity index is 0.0000000974. The summed E-state index contributed by atoms with van der Waals surface area (Å²) in [4.78, 5) is 0. The van der Waals surface area contributed by atoms with Crippen molar-refractivity contribution < 1.29 is 37.9 Å². The van der Waals surface area contributed by atoms with Gasteiger partial charge in [-0.2, -0.15) is 0 Å². The van der Waals surface area contributed by atoms with Crippen LogP contribution in [0.2, 0.25) is 0 Å². The lowest BCUT2D eigenvalue weighted by molar-refractivity contribution is 0.0478. The first-order chi connectivity index (χ1) is 19.2. The first-order valence-corrected chi connectivity index (χ1v) is 15.5. The van der Waals surface area contributed by atoms with E-state index in [2.05, 4.69) is 24.3 Å². The zero-order valence-corrected chi connectivity index (χ0v) is 23.1. The molecule has 1 aliphatic carbocycles. The third kappa shape index (κ3) is 7.72. The molecule has 1 saturated carbocycles. The van der Waals surface area contributed by atoms with E-state index in [9.17, 15) is 0 Å². The van der Waals surface area contributed by atoms with Gasteiger partial charge in [-0.15, -0.1) is 0 Å². The molecule has 0 N–H and O–H groups in total. The van der Waals surface area contributed by atoms with Crippen LogP contribution < -0.4 is 0 Å². The zero-order chi connectivity index (χ0) is 26.0. The van der Waals surface area contributed by atoms with Crippen LogP contribution in [0.4, 0.5) is 0 Å². The molecule has 11 atom stereocenters. The number of hydrogen-bond acceptors (Lipinski definition) is 8. The molecule has 0 aromatic carbocycles. The number of hydrogen-bond donors (Lipinski definition) is 0. The highest BCUT2D eigenvalue weighted by molar-refractivity contribution is 5.11. The van der Waals surface area contributed by atoms with Gasteiger partial charge in [-0.25, -0.2) is 0 Å². The molecular weight excluding hydrogens is 500 g/mol. The summed E-state index contributed by atoms with van der Waals surface area (Å²) in [6.07, 6.45) is 20.8. The molecule has 6 bridgehead atoms. The maximum atomic E-state index is 5.78. The average Bonchev–Trinajstić information content (AvgIpc) is 3.88. The van der Waals surface area contributed by atoms with Crippen LogP contribution in [0.15, 0.2) is 24.3 Å². The van der Waals surface area contributed by atoms with Crippen LogP contribution in [-0.4, -0.2) is 102 Å². The first-order valence-electron chi connectivity index (χ1n) is 15.5. The van der Waals surface area contributed by atoms with Crippen molar-refractivity contribution in [1.29, 1.82) is 0 Å². The molecular formula is C31H46O8. The second-order valence-corrected chi connectivity index (χ2v) is 12.9. The molecule has 218 valence electrons. The first kappa shape index (κ1) is 27.0. The smallest absolute Gasteiger partial charge is 0.104 e. The lowest BCUT2D eigenvalue weighted by Gasteiger charge is -2.18. The number of rotatable bonds is 12. The molecule has 0 amide bonds. The van der Waals surface area contributed by atoms with Gasteiger partial charge in [0.1, 0.15) is 12.2 Å². The molecule has 7 fully saturated rings. The Morgan fingerprint density at radius 3 is 1.51 bits per heavy atom. The molecule has 9 aliphatic rings.